The van der Waals surface area contributed by atoms with Crippen molar-refractivity contribution in [1.29, 1.82) is 0 Å². The molecule has 0 aliphatic carbocycles. The number of hydrogen-bond acceptors (Lipinski definition) is 3. The second-order valence-corrected chi connectivity index (χ2v) is 5.87. The first kappa shape index (κ1) is 14.4. The lowest BCUT2D eigenvalue weighted by atomic mass is 9.77. The summed E-state index contributed by atoms with van der Waals surface area (Å²) in [6.07, 6.45) is 0.391. The van der Waals surface area contributed by atoms with E-state index >= 15 is 0 Å². The SMILES string of the molecule is Cc1cccc(C(C)(Cc2ccc3c(c2)OCO3)C(=O)O)c1. The fourth-order valence-corrected chi connectivity index (χ4v) is 2.75. The van der Waals surface area contributed by atoms with E-state index in [9.17, 15) is 9.90 Å². The molecule has 0 bridgehead atoms. The van der Waals surface area contributed by atoms with Crippen LogP contribution in [0.25, 0.3) is 0 Å². The van der Waals surface area contributed by atoms with E-state index in [2.05, 4.69) is 0 Å². The largest absolute Gasteiger partial charge is 0.481 e. The molecule has 0 amide bonds. The van der Waals surface area contributed by atoms with Crippen LogP contribution >= 0.6 is 0 Å². The van der Waals surface area contributed by atoms with Gasteiger partial charge in [0.1, 0.15) is 0 Å². The van der Waals surface area contributed by atoms with Crippen LogP contribution in [-0.2, 0) is 16.6 Å². The van der Waals surface area contributed by atoms with E-state index in [1.807, 2.05) is 49.4 Å². The van der Waals surface area contributed by atoms with Crippen LogP contribution in [0.1, 0.15) is 23.6 Å². The van der Waals surface area contributed by atoms with Crippen LogP contribution in [0, 0.1) is 6.92 Å². The number of aliphatic carboxylic acids is 1. The standard InChI is InChI=1S/C18H18O4/c1-12-4-3-5-14(8-12)18(2,17(19)20)10-13-6-7-15-16(9-13)22-11-21-15/h3-9H,10-11H2,1-2H3,(H,19,20). The number of benzene rings is 2. The maximum Gasteiger partial charge on any atom is 0.314 e. The number of fused-ring (bicyclic) bond motifs is 1. The highest BCUT2D eigenvalue weighted by Gasteiger charge is 2.35. The number of carbonyl (C=O) groups is 1. The van der Waals surface area contributed by atoms with Gasteiger partial charge in [0.2, 0.25) is 6.79 Å². The third kappa shape index (κ3) is 2.52. The van der Waals surface area contributed by atoms with Crippen molar-refractivity contribution in [3.8, 4) is 11.5 Å². The van der Waals surface area contributed by atoms with E-state index in [4.69, 9.17) is 9.47 Å². The van der Waals surface area contributed by atoms with Crippen molar-refractivity contribution in [3.63, 3.8) is 0 Å². The van der Waals surface area contributed by atoms with Gasteiger partial charge in [0.05, 0.1) is 5.41 Å². The molecule has 0 spiro atoms. The van der Waals surface area contributed by atoms with E-state index in [1.165, 1.54) is 0 Å². The quantitative estimate of drug-likeness (QED) is 0.941. The Kier molecular flexibility index (Phi) is 3.53. The summed E-state index contributed by atoms with van der Waals surface area (Å²) < 4.78 is 10.7. The van der Waals surface area contributed by atoms with Crippen LogP contribution in [-0.4, -0.2) is 17.9 Å². The van der Waals surface area contributed by atoms with Crippen LogP contribution in [0.4, 0.5) is 0 Å². The van der Waals surface area contributed by atoms with Crippen molar-refractivity contribution in [2.75, 3.05) is 6.79 Å². The summed E-state index contributed by atoms with van der Waals surface area (Å²) >= 11 is 0. The highest BCUT2D eigenvalue weighted by Crippen LogP contribution is 2.36. The zero-order chi connectivity index (χ0) is 15.7. The highest BCUT2D eigenvalue weighted by atomic mass is 16.7. The van der Waals surface area contributed by atoms with Crippen molar-refractivity contribution in [2.45, 2.75) is 25.7 Å². The smallest absolute Gasteiger partial charge is 0.314 e. The molecule has 1 atom stereocenters. The van der Waals surface area contributed by atoms with Gasteiger partial charge in [0.25, 0.3) is 0 Å². The lowest BCUT2D eigenvalue weighted by Crippen LogP contribution is -2.34. The van der Waals surface area contributed by atoms with E-state index in [0.29, 0.717) is 17.9 Å². The number of carboxylic acids is 1. The molecule has 1 unspecified atom stereocenters. The van der Waals surface area contributed by atoms with Crippen molar-refractivity contribution in [3.05, 3.63) is 59.2 Å². The van der Waals surface area contributed by atoms with Gasteiger partial charge < -0.3 is 14.6 Å². The molecule has 22 heavy (non-hydrogen) atoms. The van der Waals surface area contributed by atoms with Crippen molar-refractivity contribution in [2.24, 2.45) is 0 Å². The molecule has 2 aromatic carbocycles. The molecule has 0 saturated heterocycles. The first-order chi connectivity index (χ1) is 10.5. The van der Waals surface area contributed by atoms with Gasteiger partial charge in [0, 0.05) is 0 Å². The summed E-state index contributed by atoms with van der Waals surface area (Å²) in [7, 11) is 0. The van der Waals surface area contributed by atoms with Gasteiger partial charge in [-0.05, 0) is 43.5 Å². The average molecular weight is 298 g/mol. The minimum absolute atomic E-state index is 0.215. The van der Waals surface area contributed by atoms with Crippen molar-refractivity contribution in [1.82, 2.24) is 0 Å². The molecule has 3 rings (SSSR count). The van der Waals surface area contributed by atoms with E-state index in [0.717, 1.165) is 16.7 Å². The molecular formula is C18H18O4. The fraction of sp³-hybridized carbons (Fsp3) is 0.278. The van der Waals surface area contributed by atoms with Crippen molar-refractivity contribution < 1.29 is 19.4 Å². The van der Waals surface area contributed by atoms with Gasteiger partial charge in [-0.15, -0.1) is 0 Å². The summed E-state index contributed by atoms with van der Waals surface area (Å²) in [5.41, 5.74) is 1.78. The Morgan fingerprint density at radius 2 is 1.95 bits per heavy atom. The van der Waals surface area contributed by atoms with Crippen molar-refractivity contribution >= 4 is 5.97 Å². The van der Waals surface area contributed by atoms with Gasteiger partial charge in [-0.25, -0.2) is 0 Å². The number of hydrogen-bond donors (Lipinski definition) is 1. The second-order valence-electron chi connectivity index (χ2n) is 5.87. The van der Waals surface area contributed by atoms with E-state index < -0.39 is 11.4 Å². The molecule has 114 valence electrons. The summed E-state index contributed by atoms with van der Waals surface area (Å²) in [5.74, 6) is 0.543. The Balaban J connectivity index is 1.96. The lowest BCUT2D eigenvalue weighted by Gasteiger charge is -2.26. The first-order valence-electron chi connectivity index (χ1n) is 7.18. The molecule has 1 aliphatic heterocycles. The molecule has 1 aliphatic rings. The number of aryl methyl sites for hydroxylation is 1. The van der Waals surface area contributed by atoms with Crippen LogP contribution < -0.4 is 9.47 Å². The van der Waals surface area contributed by atoms with Gasteiger partial charge in [-0.2, -0.15) is 0 Å². The Morgan fingerprint density at radius 3 is 2.68 bits per heavy atom. The average Bonchev–Trinajstić information content (AvgIpc) is 2.94. The molecule has 0 saturated carbocycles. The number of ether oxygens (including phenoxy) is 2. The number of carboxylic acid groups (broad SMARTS) is 1. The summed E-state index contributed by atoms with van der Waals surface area (Å²) in [6, 6.07) is 13.2. The first-order valence-corrected chi connectivity index (χ1v) is 7.18. The third-order valence-corrected chi connectivity index (χ3v) is 4.12. The zero-order valence-corrected chi connectivity index (χ0v) is 12.6. The maximum absolute atomic E-state index is 11.9. The molecule has 4 heteroatoms. The summed E-state index contributed by atoms with van der Waals surface area (Å²) in [5, 5.41) is 9.78. The van der Waals surface area contributed by atoms with Crippen LogP contribution in [0.5, 0.6) is 11.5 Å². The van der Waals surface area contributed by atoms with Crippen LogP contribution in [0.15, 0.2) is 42.5 Å². The van der Waals surface area contributed by atoms with E-state index in [-0.39, 0.29) is 6.79 Å². The lowest BCUT2D eigenvalue weighted by molar-refractivity contribution is -0.143. The van der Waals surface area contributed by atoms with Gasteiger partial charge in [-0.1, -0.05) is 35.9 Å². The Hall–Kier alpha value is -2.49. The normalized spacial score (nSPS) is 15.4. The number of rotatable bonds is 4. The van der Waals surface area contributed by atoms with Crippen LogP contribution in [0.3, 0.4) is 0 Å². The molecule has 1 N–H and O–H groups in total. The summed E-state index contributed by atoms with van der Waals surface area (Å²) in [4.78, 5) is 11.9. The molecule has 0 fully saturated rings. The monoisotopic (exact) mass is 298 g/mol. The second kappa shape index (κ2) is 5.37. The molecule has 2 aromatic rings. The Morgan fingerprint density at radius 1 is 1.18 bits per heavy atom. The van der Waals surface area contributed by atoms with Gasteiger partial charge in [0.15, 0.2) is 11.5 Å². The van der Waals surface area contributed by atoms with Crippen LogP contribution in [0.2, 0.25) is 0 Å². The predicted octanol–water partition coefficient (Wildman–Crippen LogP) is 3.31. The fourth-order valence-electron chi connectivity index (χ4n) is 2.75. The maximum atomic E-state index is 11.9. The topological polar surface area (TPSA) is 55.8 Å². The summed E-state index contributed by atoms with van der Waals surface area (Å²) in [6.45, 7) is 3.94. The predicted molar refractivity (Wildman–Crippen MR) is 82.4 cm³/mol. The molecular weight excluding hydrogens is 280 g/mol. The Labute approximate surface area is 129 Å². The molecule has 0 radical (unpaired) electrons. The van der Waals surface area contributed by atoms with Gasteiger partial charge >= 0.3 is 5.97 Å². The minimum atomic E-state index is -0.986. The molecule has 4 nitrogen and oxygen atoms in total. The Bertz CT molecular complexity index is 723. The minimum Gasteiger partial charge on any atom is -0.481 e. The highest BCUT2D eigenvalue weighted by molar-refractivity contribution is 5.81. The van der Waals surface area contributed by atoms with Gasteiger partial charge in [-0.3, -0.25) is 4.79 Å². The third-order valence-electron chi connectivity index (χ3n) is 4.12. The van der Waals surface area contributed by atoms with E-state index in [1.54, 1.807) is 6.92 Å². The molecule has 0 aromatic heterocycles. The molecule has 1 heterocycles. The zero-order valence-electron chi connectivity index (χ0n) is 12.6.